The highest BCUT2D eigenvalue weighted by molar-refractivity contribution is 5.75. The van der Waals surface area contributed by atoms with E-state index in [4.69, 9.17) is 9.84 Å². The molecule has 0 unspecified atom stereocenters. The van der Waals surface area contributed by atoms with Crippen LogP contribution in [0.4, 0.5) is 0 Å². The van der Waals surface area contributed by atoms with Gasteiger partial charge >= 0.3 is 0 Å². The molecule has 0 bridgehead atoms. The highest BCUT2D eigenvalue weighted by atomic mass is 16.5. The lowest BCUT2D eigenvalue weighted by molar-refractivity contribution is -0.122. The number of benzene rings is 1. The molecule has 4 nitrogen and oxygen atoms in total. The lowest BCUT2D eigenvalue weighted by Gasteiger charge is -2.10. The topological polar surface area (TPSA) is 58.6 Å². The van der Waals surface area contributed by atoms with Crippen LogP contribution in [0.2, 0.25) is 0 Å². The van der Waals surface area contributed by atoms with Gasteiger partial charge in [0.2, 0.25) is 5.91 Å². The van der Waals surface area contributed by atoms with Crippen LogP contribution in [0.25, 0.3) is 0 Å². The number of carbonyl (C=O) groups excluding carboxylic acids is 1. The summed E-state index contributed by atoms with van der Waals surface area (Å²) in [6, 6.07) is 7.51. The van der Waals surface area contributed by atoms with Crippen molar-refractivity contribution in [3.05, 3.63) is 35.4 Å². The average molecular weight is 251 g/mol. The molecule has 1 rings (SSSR count). The Morgan fingerprint density at radius 1 is 1.33 bits per heavy atom. The van der Waals surface area contributed by atoms with Gasteiger partial charge in [-0.15, -0.1) is 0 Å². The van der Waals surface area contributed by atoms with Gasteiger partial charge in [-0.05, 0) is 25.0 Å². The van der Waals surface area contributed by atoms with Crippen LogP contribution in [0.15, 0.2) is 24.3 Å². The third-order valence-electron chi connectivity index (χ3n) is 2.55. The summed E-state index contributed by atoms with van der Waals surface area (Å²) in [5, 5.41) is 12.0. The van der Waals surface area contributed by atoms with Gasteiger partial charge in [-0.3, -0.25) is 4.79 Å². The summed E-state index contributed by atoms with van der Waals surface area (Å²) in [7, 11) is 0. The Morgan fingerprint density at radius 2 is 2.00 bits per heavy atom. The summed E-state index contributed by atoms with van der Waals surface area (Å²) >= 11 is 0. The van der Waals surface area contributed by atoms with Gasteiger partial charge in [0.15, 0.2) is 0 Å². The summed E-state index contributed by atoms with van der Waals surface area (Å²) in [5.74, 6) is -0.0385. The molecule has 18 heavy (non-hydrogen) atoms. The van der Waals surface area contributed by atoms with Crippen molar-refractivity contribution in [3.8, 4) is 0 Å². The Morgan fingerprint density at radius 3 is 2.61 bits per heavy atom. The second-order valence-electron chi connectivity index (χ2n) is 4.37. The van der Waals surface area contributed by atoms with Gasteiger partial charge < -0.3 is 15.2 Å². The first kappa shape index (κ1) is 14.7. The van der Waals surface area contributed by atoms with Crippen molar-refractivity contribution in [1.82, 2.24) is 5.32 Å². The van der Waals surface area contributed by atoms with Crippen LogP contribution in [0.1, 0.15) is 31.4 Å². The molecule has 0 aliphatic heterocycles. The average Bonchev–Trinajstić information content (AvgIpc) is 2.36. The molecule has 0 spiro atoms. The van der Waals surface area contributed by atoms with E-state index >= 15 is 0 Å². The van der Waals surface area contributed by atoms with Gasteiger partial charge in [0, 0.05) is 13.0 Å². The highest BCUT2D eigenvalue weighted by Gasteiger charge is 2.04. The zero-order valence-corrected chi connectivity index (χ0v) is 11.0. The number of hydrogen-bond donors (Lipinski definition) is 2. The SMILES string of the molecule is CC(C)OCCC(=O)NCc1ccccc1CO. The lowest BCUT2D eigenvalue weighted by Crippen LogP contribution is -2.25. The molecule has 100 valence electrons. The van der Waals surface area contributed by atoms with Crippen molar-refractivity contribution < 1.29 is 14.6 Å². The molecule has 0 aliphatic rings. The normalized spacial score (nSPS) is 10.7. The maximum Gasteiger partial charge on any atom is 0.222 e. The van der Waals surface area contributed by atoms with Crippen LogP contribution in [-0.4, -0.2) is 23.7 Å². The second-order valence-corrected chi connectivity index (χ2v) is 4.37. The van der Waals surface area contributed by atoms with Crippen LogP contribution < -0.4 is 5.32 Å². The van der Waals surface area contributed by atoms with Crippen LogP contribution in [0.3, 0.4) is 0 Å². The quantitative estimate of drug-likeness (QED) is 0.774. The molecule has 0 atom stereocenters. The zero-order chi connectivity index (χ0) is 13.4. The maximum absolute atomic E-state index is 11.5. The predicted molar refractivity (Wildman–Crippen MR) is 69.9 cm³/mol. The Kier molecular flexibility index (Phi) is 6.39. The molecular weight excluding hydrogens is 230 g/mol. The molecule has 1 aromatic rings. The molecule has 4 heteroatoms. The van der Waals surface area contributed by atoms with Gasteiger partial charge in [-0.25, -0.2) is 0 Å². The van der Waals surface area contributed by atoms with Crippen molar-refractivity contribution in [2.45, 2.75) is 39.5 Å². The summed E-state index contributed by atoms with van der Waals surface area (Å²) in [6.07, 6.45) is 0.507. The summed E-state index contributed by atoms with van der Waals surface area (Å²) < 4.78 is 5.31. The van der Waals surface area contributed by atoms with E-state index in [1.807, 2.05) is 38.1 Å². The fraction of sp³-hybridized carbons (Fsp3) is 0.500. The van der Waals surface area contributed by atoms with Crippen molar-refractivity contribution in [1.29, 1.82) is 0 Å². The van der Waals surface area contributed by atoms with E-state index in [1.165, 1.54) is 0 Å². The summed E-state index contributed by atoms with van der Waals surface area (Å²) in [4.78, 5) is 11.5. The Bertz CT molecular complexity index is 377. The van der Waals surface area contributed by atoms with E-state index < -0.39 is 0 Å². The van der Waals surface area contributed by atoms with Crippen LogP contribution >= 0.6 is 0 Å². The van der Waals surface area contributed by atoms with E-state index in [9.17, 15) is 4.79 Å². The fourth-order valence-electron chi connectivity index (χ4n) is 1.55. The molecule has 0 heterocycles. The van der Waals surface area contributed by atoms with Crippen LogP contribution in [-0.2, 0) is 22.7 Å². The smallest absolute Gasteiger partial charge is 0.222 e. The molecule has 0 fully saturated rings. The largest absolute Gasteiger partial charge is 0.392 e. The van der Waals surface area contributed by atoms with Crippen molar-refractivity contribution in [2.24, 2.45) is 0 Å². The molecule has 1 aromatic carbocycles. The molecular formula is C14H21NO3. The lowest BCUT2D eigenvalue weighted by atomic mass is 10.1. The van der Waals surface area contributed by atoms with Crippen LogP contribution in [0.5, 0.6) is 0 Å². The number of aliphatic hydroxyl groups excluding tert-OH is 1. The molecule has 0 aliphatic carbocycles. The van der Waals surface area contributed by atoms with Crippen molar-refractivity contribution in [2.75, 3.05) is 6.61 Å². The minimum atomic E-state index is -0.0385. The van der Waals surface area contributed by atoms with Crippen molar-refractivity contribution in [3.63, 3.8) is 0 Å². The minimum Gasteiger partial charge on any atom is -0.392 e. The van der Waals surface area contributed by atoms with Crippen LogP contribution in [0, 0.1) is 0 Å². The highest BCUT2D eigenvalue weighted by Crippen LogP contribution is 2.08. The van der Waals surface area contributed by atoms with Gasteiger partial charge in [-0.2, -0.15) is 0 Å². The third kappa shape index (κ3) is 5.29. The number of carbonyl (C=O) groups is 1. The predicted octanol–water partition coefficient (Wildman–Crippen LogP) is 1.61. The maximum atomic E-state index is 11.5. The number of ether oxygens (including phenoxy) is 1. The first-order valence-electron chi connectivity index (χ1n) is 6.19. The van der Waals surface area contributed by atoms with E-state index in [1.54, 1.807) is 0 Å². The summed E-state index contributed by atoms with van der Waals surface area (Å²) in [6.45, 7) is 4.75. The second kappa shape index (κ2) is 7.84. The van der Waals surface area contributed by atoms with Gasteiger partial charge in [0.05, 0.1) is 19.3 Å². The first-order valence-corrected chi connectivity index (χ1v) is 6.19. The monoisotopic (exact) mass is 251 g/mol. The molecule has 0 aromatic heterocycles. The Hall–Kier alpha value is -1.39. The summed E-state index contributed by atoms with van der Waals surface area (Å²) in [5.41, 5.74) is 1.79. The van der Waals surface area contributed by atoms with E-state index in [-0.39, 0.29) is 18.6 Å². The minimum absolute atomic E-state index is 0.0114. The standard InChI is InChI=1S/C14H21NO3/c1-11(2)18-8-7-14(17)15-9-12-5-3-4-6-13(12)10-16/h3-6,11,16H,7-10H2,1-2H3,(H,15,17). The zero-order valence-electron chi connectivity index (χ0n) is 11.0. The first-order chi connectivity index (χ1) is 8.63. The number of nitrogens with one attached hydrogen (secondary N) is 1. The number of amides is 1. The number of hydrogen-bond acceptors (Lipinski definition) is 3. The van der Waals surface area contributed by atoms with E-state index in [2.05, 4.69) is 5.32 Å². The number of rotatable bonds is 7. The Balaban J connectivity index is 2.33. The van der Waals surface area contributed by atoms with E-state index in [0.717, 1.165) is 11.1 Å². The molecule has 0 saturated carbocycles. The molecule has 2 N–H and O–H groups in total. The van der Waals surface area contributed by atoms with Gasteiger partial charge in [-0.1, -0.05) is 24.3 Å². The molecule has 0 radical (unpaired) electrons. The molecule has 0 saturated heterocycles. The van der Waals surface area contributed by atoms with Gasteiger partial charge in [0.1, 0.15) is 0 Å². The van der Waals surface area contributed by atoms with Gasteiger partial charge in [0.25, 0.3) is 0 Å². The number of aliphatic hydroxyl groups is 1. The molecule has 1 amide bonds. The van der Waals surface area contributed by atoms with Crippen molar-refractivity contribution >= 4 is 5.91 Å². The fourth-order valence-corrected chi connectivity index (χ4v) is 1.55. The Labute approximate surface area is 108 Å². The van der Waals surface area contributed by atoms with E-state index in [0.29, 0.717) is 19.6 Å². The third-order valence-corrected chi connectivity index (χ3v) is 2.55.